The Kier molecular flexibility index (Phi) is 7.29. The molecule has 0 aliphatic carbocycles. The van der Waals surface area contributed by atoms with E-state index in [1.165, 1.54) is 0 Å². The smallest absolute Gasteiger partial charge is 0.0591 e. The van der Waals surface area contributed by atoms with Crippen LogP contribution in [0.3, 0.4) is 0 Å². The molecule has 0 spiro atoms. The lowest BCUT2D eigenvalue weighted by atomic mass is 10.1. The van der Waals surface area contributed by atoms with Gasteiger partial charge in [-0.15, -0.1) is 0 Å². The molecule has 0 amide bonds. The molecule has 0 bridgehead atoms. The summed E-state index contributed by atoms with van der Waals surface area (Å²) in [5.41, 5.74) is 0. The summed E-state index contributed by atoms with van der Waals surface area (Å²) in [5, 5.41) is 3.43. The molecular formula is C11H25NO. The maximum absolute atomic E-state index is 5.46. The highest BCUT2D eigenvalue weighted by atomic mass is 16.5. The third kappa shape index (κ3) is 8.26. The Labute approximate surface area is 83.1 Å². The van der Waals surface area contributed by atoms with Crippen LogP contribution in [-0.2, 0) is 4.74 Å². The van der Waals surface area contributed by atoms with Crippen LogP contribution in [-0.4, -0.2) is 25.8 Å². The summed E-state index contributed by atoms with van der Waals surface area (Å²) in [6.07, 6.45) is 0. The maximum atomic E-state index is 5.46. The van der Waals surface area contributed by atoms with Crippen molar-refractivity contribution < 1.29 is 4.74 Å². The molecule has 1 N–H and O–H groups in total. The first-order valence-corrected chi connectivity index (χ1v) is 5.35. The minimum Gasteiger partial charge on any atom is -0.380 e. The molecule has 0 fully saturated rings. The van der Waals surface area contributed by atoms with E-state index >= 15 is 0 Å². The summed E-state index contributed by atoms with van der Waals surface area (Å²) < 4.78 is 5.46. The summed E-state index contributed by atoms with van der Waals surface area (Å²) in [7, 11) is 0. The average Bonchev–Trinajstić information content (AvgIpc) is 2.02. The van der Waals surface area contributed by atoms with Gasteiger partial charge in [0.2, 0.25) is 0 Å². The first kappa shape index (κ1) is 12.9. The van der Waals surface area contributed by atoms with Crippen LogP contribution in [0.1, 0.15) is 34.6 Å². The van der Waals surface area contributed by atoms with Gasteiger partial charge < -0.3 is 10.1 Å². The van der Waals surface area contributed by atoms with Crippen molar-refractivity contribution in [1.29, 1.82) is 0 Å². The van der Waals surface area contributed by atoms with Crippen LogP contribution in [0.25, 0.3) is 0 Å². The van der Waals surface area contributed by atoms with Gasteiger partial charge in [0.05, 0.1) is 6.61 Å². The monoisotopic (exact) mass is 187 g/mol. The Morgan fingerprint density at radius 1 is 1.08 bits per heavy atom. The fourth-order valence-electron chi connectivity index (χ4n) is 0.914. The van der Waals surface area contributed by atoms with E-state index in [9.17, 15) is 0 Å². The van der Waals surface area contributed by atoms with E-state index in [2.05, 4.69) is 39.9 Å². The lowest BCUT2D eigenvalue weighted by Crippen LogP contribution is -2.33. The van der Waals surface area contributed by atoms with Crippen molar-refractivity contribution in [2.75, 3.05) is 19.8 Å². The largest absolute Gasteiger partial charge is 0.380 e. The van der Waals surface area contributed by atoms with Gasteiger partial charge in [-0.05, 0) is 18.8 Å². The minimum absolute atomic E-state index is 0.586. The molecule has 0 heterocycles. The number of hydrogen-bond acceptors (Lipinski definition) is 2. The standard InChI is InChI=1S/C11H25NO/c1-9(2)8-13-7-6-12-11(5)10(3)4/h9-12H,6-8H2,1-5H3. The van der Waals surface area contributed by atoms with Gasteiger partial charge in [0.1, 0.15) is 0 Å². The zero-order valence-electron chi connectivity index (χ0n) is 9.76. The molecule has 0 aromatic rings. The highest BCUT2D eigenvalue weighted by Crippen LogP contribution is 1.98. The topological polar surface area (TPSA) is 21.3 Å². The third-order valence-electron chi connectivity index (χ3n) is 2.16. The molecule has 80 valence electrons. The van der Waals surface area contributed by atoms with Gasteiger partial charge in [0.15, 0.2) is 0 Å². The number of ether oxygens (including phenoxy) is 1. The van der Waals surface area contributed by atoms with E-state index < -0.39 is 0 Å². The van der Waals surface area contributed by atoms with E-state index in [1.54, 1.807) is 0 Å². The summed E-state index contributed by atoms with van der Waals surface area (Å²) in [4.78, 5) is 0. The van der Waals surface area contributed by atoms with Crippen molar-refractivity contribution in [3.63, 3.8) is 0 Å². The van der Waals surface area contributed by atoms with Gasteiger partial charge in [-0.25, -0.2) is 0 Å². The molecule has 0 aromatic heterocycles. The molecule has 0 aliphatic heterocycles. The predicted molar refractivity (Wildman–Crippen MR) is 58.0 cm³/mol. The molecule has 2 nitrogen and oxygen atoms in total. The second-order valence-corrected chi connectivity index (χ2v) is 4.46. The van der Waals surface area contributed by atoms with Crippen molar-refractivity contribution >= 4 is 0 Å². The van der Waals surface area contributed by atoms with Gasteiger partial charge in [0, 0.05) is 19.2 Å². The van der Waals surface area contributed by atoms with Crippen molar-refractivity contribution in [1.82, 2.24) is 5.32 Å². The molecule has 13 heavy (non-hydrogen) atoms. The number of rotatable bonds is 7. The average molecular weight is 187 g/mol. The van der Waals surface area contributed by atoms with Gasteiger partial charge >= 0.3 is 0 Å². The zero-order chi connectivity index (χ0) is 10.3. The van der Waals surface area contributed by atoms with Crippen LogP contribution in [0, 0.1) is 11.8 Å². The molecule has 0 rings (SSSR count). The van der Waals surface area contributed by atoms with Gasteiger partial charge in [-0.1, -0.05) is 27.7 Å². The van der Waals surface area contributed by atoms with Crippen LogP contribution in [0.4, 0.5) is 0 Å². The maximum Gasteiger partial charge on any atom is 0.0591 e. The van der Waals surface area contributed by atoms with E-state index in [0.29, 0.717) is 17.9 Å². The molecule has 0 saturated carbocycles. The van der Waals surface area contributed by atoms with Crippen molar-refractivity contribution in [2.45, 2.75) is 40.7 Å². The molecule has 1 unspecified atom stereocenters. The minimum atomic E-state index is 0.586. The molecule has 0 aliphatic rings. The van der Waals surface area contributed by atoms with Gasteiger partial charge in [-0.3, -0.25) is 0 Å². The molecule has 1 atom stereocenters. The van der Waals surface area contributed by atoms with Gasteiger partial charge in [-0.2, -0.15) is 0 Å². The van der Waals surface area contributed by atoms with E-state index in [1.807, 2.05) is 0 Å². The molecule has 0 saturated heterocycles. The SMILES string of the molecule is CC(C)COCCNC(C)C(C)C. The molecule has 0 aromatic carbocycles. The Bertz CT molecular complexity index is 113. The fourth-order valence-corrected chi connectivity index (χ4v) is 0.914. The lowest BCUT2D eigenvalue weighted by molar-refractivity contribution is 0.109. The van der Waals surface area contributed by atoms with Crippen LogP contribution < -0.4 is 5.32 Å². The van der Waals surface area contributed by atoms with Gasteiger partial charge in [0.25, 0.3) is 0 Å². The quantitative estimate of drug-likeness (QED) is 0.617. The van der Waals surface area contributed by atoms with Crippen LogP contribution in [0.5, 0.6) is 0 Å². The summed E-state index contributed by atoms with van der Waals surface area (Å²) in [6, 6.07) is 0.586. The Morgan fingerprint density at radius 3 is 2.15 bits per heavy atom. The summed E-state index contributed by atoms with van der Waals surface area (Å²) in [5.74, 6) is 1.34. The zero-order valence-corrected chi connectivity index (χ0v) is 9.76. The number of nitrogens with one attached hydrogen (secondary N) is 1. The Hall–Kier alpha value is -0.0800. The lowest BCUT2D eigenvalue weighted by Gasteiger charge is -2.17. The second-order valence-electron chi connectivity index (χ2n) is 4.46. The predicted octanol–water partition coefficient (Wildman–Crippen LogP) is 2.29. The first-order valence-electron chi connectivity index (χ1n) is 5.35. The highest BCUT2D eigenvalue weighted by molar-refractivity contribution is 4.63. The van der Waals surface area contributed by atoms with Crippen molar-refractivity contribution in [3.8, 4) is 0 Å². The van der Waals surface area contributed by atoms with E-state index in [4.69, 9.17) is 4.74 Å². The number of hydrogen-bond donors (Lipinski definition) is 1. The second kappa shape index (κ2) is 7.34. The summed E-state index contributed by atoms with van der Waals surface area (Å²) >= 11 is 0. The van der Waals surface area contributed by atoms with Crippen LogP contribution in [0.2, 0.25) is 0 Å². The molecule has 2 heteroatoms. The normalized spacial score (nSPS) is 14.1. The highest BCUT2D eigenvalue weighted by Gasteiger charge is 2.04. The first-order chi connectivity index (χ1) is 6.04. The van der Waals surface area contributed by atoms with E-state index in [-0.39, 0.29) is 0 Å². The van der Waals surface area contributed by atoms with E-state index in [0.717, 1.165) is 19.8 Å². The van der Waals surface area contributed by atoms with Crippen molar-refractivity contribution in [3.05, 3.63) is 0 Å². The van der Waals surface area contributed by atoms with Crippen LogP contribution >= 0.6 is 0 Å². The molecule has 0 radical (unpaired) electrons. The Morgan fingerprint density at radius 2 is 1.69 bits per heavy atom. The summed E-state index contributed by atoms with van der Waals surface area (Å²) in [6.45, 7) is 13.7. The fraction of sp³-hybridized carbons (Fsp3) is 1.00. The van der Waals surface area contributed by atoms with Crippen LogP contribution in [0.15, 0.2) is 0 Å². The molecular weight excluding hydrogens is 162 g/mol. The Balaban J connectivity index is 3.16. The van der Waals surface area contributed by atoms with Crippen molar-refractivity contribution in [2.24, 2.45) is 11.8 Å². The third-order valence-corrected chi connectivity index (χ3v) is 2.16.